The minimum atomic E-state index is -4.70. The highest BCUT2D eigenvalue weighted by Gasteiger charge is 2.36. The van der Waals surface area contributed by atoms with Gasteiger partial charge in [0, 0.05) is 24.8 Å². The zero-order chi connectivity index (χ0) is 19.8. The molecule has 0 aliphatic rings. The summed E-state index contributed by atoms with van der Waals surface area (Å²) in [5, 5.41) is 2.94. The number of hydrogen-bond donors (Lipinski definition) is 1. The fraction of sp³-hybridized carbons (Fsp3) is 0.250. The maximum atomic E-state index is 13.2. The van der Waals surface area contributed by atoms with E-state index in [-0.39, 0.29) is 23.5 Å². The molecular formula is C16H14ClF3N6O. The summed E-state index contributed by atoms with van der Waals surface area (Å²) in [7, 11) is 3.15. The molecule has 0 saturated heterocycles. The molecule has 142 valence electrons. The van der Waals surface area contributed by atoms with E-state index in [0.717, 1.165) is 0 Å². The second-order valence-electron chi connectivity index (χ2n) is 5.87. The molecule has 0 aliphatic heterocycles. The summed E-state index contributed by atoms with van der Waals surface area (Å²) < 4.78 is 41.0. The number of amides is 1. The van der Waals surface area contributed by atoms with Crippen molar-refractivity contribution in [3.8, 4) is 0 Å². The predicted octanol–water partition coefficient (Wildman–Crippen LogP) is 3.18. The largest absolute Gasteiger partial charge is 0.451 e. The maximum absolute atomic E-state index is 13.2. The van der Waals surface area contributed by atoms with Crippen molar-refractivity contribution in [3.05, 3.63) is 40.9 Å². The van der Waals surface area contributed by atoms with Gasteiger partial charge in [0.05, 0.1) is 12.9 Å². The number of imidazole rings is 1. The van der Waals surface area contributed by atoms with Crippen molar-refractivity contribution in [2.24, 2.45) is 0 Å². The van der Waals surface area contributed by atoms with Crippen molar-refractivity contribution >= 4 is 40.7 Å². The van der Waals surface area contributed by atoms with E-state index in [0.29, 0.717) is 22.7 Å². The van der Waals surface area contributed by atoms with Gasteiger partial charge in [-0.2, -0.15) is 13.2 Å². The van der Waals surface area contributed by atoms with Crippen LogP contribution in [0.5, 0.6) is 0 Å². The number of nitrogens with one attached hydrogen (secondary N) is 1. The molecule has 3 aromatic rings. The molecular weight excluding hydrogens is 385 g/mol. The smallest absolute Gasteiger partial charge is 0.361 e. The van der Waals surface area contributed by atoms with Gasteiger partial charge in [0.15, 0.2) is 17.0 Å². The van der Waals surface area contributed by atoms with Gasteiger partial charge in [0.2, 0.25) is 12.2 Å². The third-order valence-corrected chi connectivity index (χ3v) is 3.98. The van der Waals surface area contributed by atoms with Crippen LogP contribution in [-0.4, -0.2) is 40.0 Å². The van der Waals surface area contributed by atoms with Gasteiger partial charge < -0.3 is 14.8 Å². The Balaban J connectivity index is 2.14. The van der Waals surface area contributed by atoms with Crippen LogP contribution in [0.25, 0.3) is 11.2 Å². The summed E-state index contributed by atoms with van der Waals surface area (Å²) in [6.07, 6.45) is -2.82. The Hall–Kier alpha value is -2.88. The van der Waals surface area contributed by atoms with Gasteiger partial charge in [-0.1, -0.05) is 17.7 Å². The highest BCUT2D eigenvalue weighted by Crippen LogP contribution is 2.31. The molecule has 0 atom stereocenters. The first-order valence-corrected chi connectivity index (χ1v) is 8.04. The van der Waals surface area contributed by atoms with Crippen LogP contribution < -0.4 is 10.2 Å². The van der Waals surface area contributed by atoms with Crippen molar-refractivity contribution in [1.29, 1.82) is 0 Å². The third kappa shape index (κ3) is 3.80. The molecule has 0 radical (unpaired) electrons. The molecule has 0 fully saturated rings. The lowest BCUT2D eigenvalue weighted by Crippen LogP contribution is -2.18. The van der Waals surface area contributed by atoms with E-state index in [1.54, 1.807) is 32.3 Å². The Morgan fingerprint density at radius 2 is 2.04 bits per heavy atom. The summed E-state index contributed by atoms with van der Waals surface area (Å²) in [5.41, 5.74) is 1.35. The Bertz CT molecular complexity index is 1000. The van der Waals surface area contributed by atoms with Crippen LogP contribution in [0.15, 0.2) is 24.5 Å². The number of fused-ring (bicyclic) bond motifs is 1. The second-order valence-corrected chi connectivity index (χ2v) is 6.31. The Morgan fingerprint density at radius 1 is 1.30 bits per heavy atom. The Kier molecular flexibility index (Phi) is 4.92. The summed E-state index contributed by atoms with van der Waals surface area (Å²) >= 11 is 5.93. The minimum absolute atomic E-state index is 0.0352. The standard InChI is InChI=1S/C16H14ClF3N6O/c1-25(2)13-12-14(24-15(23-13)16(18,19)20)26(7-21-12)6-9-3-4-10(17)5-11(9)22-8-27/h3-5,7-8H,6H2,1-2H3,(H,22,27). The quantitative estimate of drug-likeness (QED) is 0.668. The summed E-state index contributed by atoms with van der Waals surface area (Å²) in [4.78, 5) is 23.7. The highest BCUT2D eigenvalue weighted by molar-refractivity contribution is 6.30. The van der Waals surface area contributed by atoms with Crippen LogP contribution in [0.3, 0.4) is 0 Å². The average molecular weight is 399 g/mol. The monoisotopic (exact) mass is 398 g/mol. The van der Waals surface area contributed by atoms with Gasteiger partial charge in [0.1, 0.15) is 0 Å². The van der Waals surface area contributed by atoms with E-state index in [1.807, 2.05) is 0 Å². The maximum Gasteiger partial charge on any atom is 0.451 e. The topological polar surface area (TPSA) is 75.9 Å². The van der Waals surface area contributed by atoms with Gasteiger partial charge in [-0.05, 0) is 17.7 Å². The predicted molar refractivity (Wildman–Crippen MR) is 94.9 cm³/mol. The first-order valence-electron chi connectivity index (χ1n) is 7.66. The van der Waals surface area contributed by atoms with E-state index >= 15 is 0 Å². The number of anilines is 2. The lowest BCUT2D eigenvalue weighted by molar-refractivity contribution is -0.144. The first kappa shape index (κ1) is 18.9. The lowest BCUT2D eigenvalue weighted by atomic mass is 10.1. The van der Waals surface area contributed by atoms with E-state index < -0.39 is 12.0 Å². The van der Waals surface area contributed by atoms with Crippen molar-refractivity contribution in [2.45, 2.75) is 12.7 Å². The van der Waals surface area contributed by atoms with Gasteiger partial charge in [0.25, 0.3) is 0 Å². The number of nitrogens with zero attached hydrogens (tertiary/aromatic N) is 5. The van der Waals surface area contributed by atoms with Crippen molar-refractivity contribution in [1.82, 2.24) is 19.5 Å². The van der Waals surface area contributed by atoms with Gasteiger partial charge in [-0.3, -0.25) is 4.79 Å². The van der Waals surface area contributed by atoms with Gasteiger partial charge in [-0.15, -0.1) is 0 Å². The zero-order valence-electron chi connectivity index (χ0n) is 14.3. The minimum Gasteiger partial charge on any atom is -0.361 e. The van der Waals surface area contributed by atoms with Crippen LogP contribution >= 0.6 is 11.6 Å². The number of alkyl halides is 3. The van der Waals surface area contributed by atoms with Crippen LogP contribution in [0.4, 0.5) is 24.7 Å². The number of aromatic nitrogens is 4. The molecule has 1 aromatic carbocycles. The van der Waals surface area contributed by atoms with Crippen LogP contribution in [0, 0.1) is 0 Å². The first-order chi connectivity index (χ1) is 12.7. The van der Waals surface area contributed by atoms with Crippen LogP contribution in [0.1, 0.15) is 11.4 Å². The Labute approximate surface area is 156 Å². The number of carbonyl (C=O) groups excluding carboxylic acids is 1. The van der Waals surface area contributed by atoms with Gasteiger partial charge >= 0.3 is 6.18 Å². The van der Waals surface area contributed by atoms with Crippen molar-refractivity contribution in [3.63, 3.8) is 0 Å². The lowest BCUT2D eigenvalue weighted by Gasteiger charge is -2.15. The fourth-order valence-corrected chi connectivity index (χ4v) is 2.72. The van der Waals surface area contributed by atoms with Crippen molar-refractivity contribution < 1.29 is 18.0 Å². The number of rotatable bonds is 5. The fourth-order valence-electron chi connectivity index (χ4n) is 2.55. The highest BCUT2D eigenvalue weighted by atomic mass is 35.5. The number of carbonyl (C=O) groups is 1. The molecule has 27 heavy (non-hydrogen) atoms. The van der Waals surface area contributed by atoms with Crippen molar-refractivity contribution in [2.75, 3.05) is 24.3 Å². The molecule has 0 unspecified atom stereocenters. The normalized spacial score (nSPS) is 11.6. The average Bonchev–Trinajstić information content (AvgIpc) is 2.98. The number of halogens is 4. The molecule has 3 rings (SSSR count). The summed E-state index contributed by atoms with van der Waals surface area (Å²) in [5.74, 6) is -1.18. The van der Waals surface area contributed by atoms with E-state index in [2.05, 4.69) is 20.3 Å². The number of benzene rings is 1. The molecule has 1 N–H and O–H groups in total. The van der Waals surface area contributed by atoms with E-state index in [1.165, 1.54) is 15.8 Å². The molecule has 2 aromatic heterocycles. The number of hydrogen-bond acceptors (Lipinski definition) is 5. The molecule has 11 heteroatoms. The summed E-state index contributed by atoms with van der Waals surface area (Å²) in [6, 6.07) is 4.83. The molecule has 0 aliphatic carbocycles. The van der Waals surface area contributed by atoms with Crippen LogP contribution in [0.2, 0.25) is 5.02 Å². The molecule has 1 amide bonds. The third-order valence-electron chi connectivity index (χ3n) is 3.75. The van der Waals surface area contributed by atoms with Gasteiger partial charge in [-0.25, -0.2) is 15.0 Å². The summed E-state index contributed by atoms with van der Waals surface area (Å²) in [6.45, 7) is 0.130. The molecule has 0 saturated carbocycles. The second kappa shape index (κ2) is 7.03. The SMILES string of the molecule is CN(C)c1nc(C(F)(F)F)nc2c1ncn2Cc1ccc(Cl)cc1NC=O. The zero-order valence-corrected chi connectivity index (χ0v) is 15.0. The van der Waals surface area contributed by atoms with E-state index in [9.17, 15) is 18.0 Å². The molecule has 7 nitrogen and oxygen atoms in total. The molecule has 2 heterocycles. The Morgan fingerprint density at radius 3 is 2.67 bits per heavy atom. The molecule has 0 spiro atoms. The molecule has 0 bridgehead atoms. The van der Waals surface area contributed by atoms with Crippen LogP contribution in [-0.2, 0) is 17.5 Å². The van der Waals surface area contributed by atoms with E-state index in [4.69, 9.17) is 11.6 Å².